The smallest absolute Gasteiger partial charge is 0.258 e. The Morgan fingerprint density at radius 2 is 2.00 bits per heavy atom. The quantitative estimate of drug-likeness (QED) is 0.906. The van der Waals surface area contributed by atoms with Crippen LogP contribution in [0.15, 0.2) is 18.2 Å². The zero-order valence-corrected chi connectivity index (χ0v) is 14.5. The van der Waals surface area contributed by atoms with Crippen LogP contribution in [0.3, 0.4) is 0 Å². The normalized spacial score (nSPS) is 16.0. The number of carbonyl (C=O) groups excluding carboxylic acids is 1. The highest BCUT2D eigenvalue weighted by molar-refractivity contribution is 5.77. The number of aromatic nitrogens is 3. The van der Waals surface area contributed by atoms with Crippen LogP contribution < -0.4 is 10.1 Å². The van der Waals surface area contributed by atoms with Gasteiger partial charge in [0.2, 0.25) is 0 Å². The molecule has 0 saturated carbocycles. The minimum atomic E-state index is -0.133. The molecular formula is C19H24N4O2. The van der Waals surface area contributed by atoms with E-state index in [1.165, 1.54) is 30.4 Å². The minimum Gasteiger partial charge on any atom is -0.484 e. The standard InChI is InChI=1S/C19H24N4O2/c24-19(13-25-16-9-8-14-5-4-6-15(14)11-16)20-12-18-22-21-17-7-2-1-3-10-23(17)18/h8-9,11H,1-7,10,12-13H2,(H,20,24). The molecule has 132 valence electrons. The Balaban J connectivity index is 1.29. The number of benzene rings is 1. The van der Waals surface area contributed by atoms with Crippen LogP contribution in [0.5, 0.6) is 5.75 Å². The summed E-state index contributed by atoms with van der Waals surface area (Å²) in [6.45, 7) is 1.37. The summed E-state index contributed by atoms with van der Waals surface area (Å²) in [6.07, 6.45) is 7.98. The van der Waals surface area contributed by atoms with Gasteiger partial charge in [-0.2, -0.15) is 0 Å². The van der Waals surface area contributed by atoms with E-state index in [9.17, 15) is 4.79 Å². The molecule has 1 aromatic carbocycles. The lowest BCUT2D eigenvalue weighted by molar-refractivity contribution is -0.123. The van der Waals surface area contributed by atoms with Crippen LogP contribution in [0.2, 0.25) is 0 Å². The first-order chi connectivity index (χ1) is 12.3. The number of hydrogen-bond acceptors (Lipinski definition) is 4. The predicted molar refractivity (Wildman–Crippen MR) is 93.4 cm³/mol. The highest BCUT2D eigenvalue weighted by atomic mass is 16.5. The van der Waals surface area contributed by atoms with Crippen LogP contribution in [0.1, 0.15) is 48.5 Å². The summed E-state index contributed by atoms with van der Waals surface area (Å²) < 4.78 is 7.79. The fourth-order valence-electron chi connectivity index (χ4n) is 3.69. The third-order valence-electron chi connectivity index (χ3n) is 5.07. The molecule has 6 nitrogen and oxygen atoms in total. The average molecular weight is 340 g/mol. The third-order valence-corrected chi connectivity index (χ3v) is 5.07. The van der Waals surface area contributed by atoms with E-state index in [0.717, 1.165) is 49.6 Å². The maximum atomic E-state index is 12.1. The molecule has 1 aliphatic carbocycles. The number of hydrogen-bond donors (Lipinski definition) is 1. The molecule has 0 spiro atoms. The van der Waals surface area contributed by atoms with Gasteiger partial charge in [-0.15, -0.1) is 10.2 Å². The van der Waals surface area contributed by atoms with Crippen LogP contribution >= 0.6 is 0 Å². The largest absolute Gasteiger partial charge is 0.484 e. The molecule has 0 fully saturated rings. The van der Waals surface area contributed by atoms with Gasteiger partial charge in [-0.25, -0.2) is 0 Å². The van der Waals surface area contributed by atoms with Crippen molar-refractivity contribution in [3.8, 4) is 5.75 Å². The second kappa shape index (κ2) is 7.25. The second-order valence-corrected chi connectivity index (χ2v) is 6.84. The van der Waals surface area contributed by atoms with Crippen LogP contribution in [0.25, 0.3) is 0 Å². The van der Waals surface area contributed by atoms with Gasteiger partial charge < -0.3 is 14.6 Å². The predicted octanol–water partition coefficient (Wildman–Crippen LogP) is 2.19. The van der Waals surface area contributed by atoms with Gasteiger partial charge in [-0.3, -0.25) is 4.79 Å². The van der Waals surface area contributed by atoms with Crippen molar-refractivity contribution in [1.29, 1.82) is 0 Å². The summed E-state index contributed by atoms with van der Waals surface area (Å²) in [6, 6.07) is 6.13. The summed E-state index contributed by atoms with van der Waals surface area (Å²) in [5.41, 5.74) is 2.76. The molecule has 25 heavy (non-hydrogen) atoms. The molecule has 0 saturated heterocycles. The molecule has 0 atom stereocenters. The van der Waals surface area contributed by atoms with Crippen molar-refractivity contribution < 1.29 is 9.53 Å². The number of carbonyl (C=O) groups is 1. The first kappa shape index (κ1) is 16.1. The monoisotopic (exact) mass is 340 g/mol. The van der Waals surface area contributed by atoms with Crippen LogP contribution in [-0.4, -0.2) is 27.3 Å². The maximum Gasteiger partial charge on any atom is 0.258 e. The van der Waals surface area contributed by atoms with Gasteiger partial charge in [0, 0.05) is 13.0 Å². The van der Waals surface area contributed by atoms with Gasteiger partial charge in [0.25, 0.3) is 5.91 Å². The Bertz CT molecular complexity index is 769. The Morgan fingerprint density at radius 1 is 1.08 bits per heavy atom. The van der Waals surface area contributed by atoms with E-state index in [2.05, 4.69) is 32.2 Å². The Labute approximate surface area is 147 Å². The van der Waals surface area contributed by atoms with E-state index in [1.807, 2.05) is 6.07 Å². The number of aryl methyl sites for hydroxylation is 3. The van der Waals surface area contributed by atoms with Crippen molar-refractivity contribution >= 4 is 5.91 Å². The van der Waals surface area contributed by atoms with E-state index in [4.69, 9.17) is 4.74 Å². The number of nitrogens with zero attached hydrogens (tertiary/aromatic N) is 3. The number of nitrogens with one attached hydrogen (secondary N) is 1. The zero-order valence-electron chi connectivity index (χ0n) is 14.5. The number of amides is 1. The van der Waals surface area contributed by atoms with Gasteiger partial charge in [-0.05, 0) is 55.4 Å². The van der Waals surface area contributed by atoms with E-state index < -0.39 is 0 Å². The van der Waals surface area contributed by atoms with Crippen molar-refractivity contribution in [3.63, 3.8) is 0 Å². The first-order valence-electron chi connectivity index (χ1n) is 9.22. The molecule has 0 bridgehead atoms. The van der Waals surface area contributed by atoms with Crippen LogP contribution in [0.4, 0.5) is 0 Å². The SMILES string of the molecule is O=C(COc1ccc2c(c1)CCC2)NCc1nnc2n1CCCCC2. The highest BCUT2D eigenvalue weighted by Crippen LogP contribution is 2.25. The Morgan fingerprint density at radius 3 is 2.96 bits per heavy atom. The Kier molecular flexibility index (Phi) is 4.68. The molecule has 1 N–H and O–H groups in total. The number of fused-ring (bicyclic) bond motifs is 2. The summed E-state index contributed by atoms with van der Waals surface area (Å²) in [5.74, 6) is 2.51. The van der Waals surface area contributed by atoms with E-state index >= 15 is 0 Å². The van der Waals surface area contributed by atoms with Gasteiger partial charge in [0.1, 0.15) is 11.6 Å². The van der Waals surface area contributed by atoms with Crippen molar-refractivity contribution in [2.24, 2.45) is 0 Å². The molecule has 6 heteroatoms. The van der Waals surface area contributed by atoms with Crippen molar-refractivity contribution in [1.82, 2.24) is 20.1 Å². The van der Waals surface area contributed by atoms with Crippen LogP contribution in [0, 0.1) is 0 Å². The second-order valence-electron chi connectivity index (χ2n) is 6.84. The molecule has 2 aromatic rings. The third kappa shape index (κ3) is 3.67. The fourth-order valence-corrected chi connectivity index (χ4v) is 3.69. The highest BCUT2D eigenvalue weighted by Gasteiger charge is 2.15. The fraction of sp³-hybridized carbons (Fsp3) is 0.526. The summed E-state index contributed by atoms with van der Waals surface area (Å²) in [5, 5.41) is 11.4. The van der Waals surface area contributed by atoms with Gasteiger partial charge in [-0.1, -0.05) is 12.5 Å². The number of rotatable bonds is 5. The van der Waals surface area contributed by atoms with E-state index in [1.54, 1.807) is 0 Å². The van der Waals surface area contributed by atoms with Gasteiger partial charge in [0.05, 0.1) is 6.54 Å². The van der Waals surface area contributed by atoms with E-state index in [0.29, 0.717) is 6.54 Å². The Hall–Kier alpha value is -2.37. The molecule has 1 aromatic heterocycles. The van der Waals surface area contributed by atoms with Crippen molar-refractivity contribution in [2.75, 3.05) is 6.61 Å². The van der Waals surface area contributed by atoms with E-state index in [-0.39, 0.29) is 12.5 Å². The molecule has 0 radical (unpaired) electrons. The maximum absolute atomic E-state index is 12.1. The van der Waals surface area contributed by atoms with Crippen molar-refractivity contribution in [3.05, 3.63) is 41.0 Å². The lowest BCUT2D eigenvalue weighted by Gasteiger charge is -2.10. The minimum absolute atomic E-state index is 0.0276. The zero-order chi connectivity index (χ0) is 17.1. The number of ether oxygens (including phenoxy) is 1. The topological polar surface area (TPSA) is 69.0 Å². The molecular weight excluding hydrogens is 316 g/mol. The summed E-state index contributed by atoms with van der Waals surface area (Å²) >= 11 is 0. The average Bonchev–Trinajstić information content (AvgIpc) is 3.18. The lowest BCUT2D eigenvalue weighted by Crippen LogP contribution is -2.29. The molecule has 2 aliphatic rings. The molecule has 1 amide bonds. The first-order valence-corrected chi connectivity index (χ1v) is 9.22. The lowest BCUT2D eigenvalue weighted by atomic mass is 10.1. The van der Waals surface area contributed by atoms with Gasteiger partial charge >= 0.3 is 0 Å². The van der Waals surface area contributed by atoms with Crippen LogP contribution in [-0.2, 0) is 37.1 Å². The molecule has 0 unspecified atom stereocenters. The summed E-state index contributed by atoms with van der Waals surface area (Å²) in [7, 11) is 0. The molecule has 4 rings (SSSR count). The molecule has 1 aliphatic heterocycles. The summed E-state index contributed by atoms with van der Waals surface area (Å²) in [4.78, 5) is 12.1. The molecule has 2 heterocycles. The van der Waals surface area contributed by atoms with Crippen molar-refractivity contribution in [2.45, 2.75) is 58.0 Å². The van der Waals surface area contributed by atoms with Gasteiger partial charge in [0.15, 0.2) is 12.4 Å².